The number of benzene rings is 2. The molecule has 9 heteroatoms. The average molecular weight is 494 g/mol. The lowest BCUT2D eigenvalue weighted by Gasteiger charge is -2.40. The van der Waals surface area contributed by atoms with Gasteiger partial charge in [-0.3, -0.25) is 4.90 Å². The first kappa shape index (κ1) is 23.4. The van der Waals surface area contributed by atoms with E-state index in [-0.39, 0.29) is 11.9 Å². The number of piperazine rings is 1. The summed E-state index contributed by atoms with van der Waals surface area (Å²) in [4.78, 5) is 11.0. The Morgan fingerprint density at radius 3 is 2.26 bits per heavy atom. The Hall–Kier alpha value is -3.30. The van der Waals surface area contributed by atoms with E-state index in [1.165, 1.54) is 17.0 Å². The molecule has 1 saturated heterocycles. The molecule has 5 rings (SSSR count). The number of aromatic nitrogens is 3. The van der Waals surface area contributed by atoms with Crippen LogP contribution < -0.4 is 14.4 Å². The first-order valence-electron chi connectivity index (χ1n) is 12.0. The fourth-order valence-corrected chi connectivity index (χ4v) is 5.73. The predicted octanol–water partition coefficient (Wildman–Crippen LogP) is 4.38. The number of hydrogen-bond donors (Lipinski definition) is 1. The molecule has 0 amide bonds. The molecule has 1 fully saturated rings. The molecule has 1 atom stereocenters. The molecule has 8 nitrogen and oxygen atoms in total. The third-order valence-electron chi connectivity index (χ3n) is 6.43. The number of methoxy groups -OCH3 is 1. The van der Waals surface area contributed by atoms with Crippen LogP contribution in [-0.4, -0.2) is 64.5 Å². The molecule has 35 heavy (non-hydrogen) atoms. The molecule has 4 aromatic rings. The first-order valence-corrected chi connectivity index (χ1v) is 12.9. The number of thiazole rings is 1. The van der Waals surface area contributed by atoms with Gasteiger partial charge in [-0.2, -0.15) is 4.52 Å². The molecule has 3 heterocycles. The van der Waals surface area contributed by atoms with Crippen LogP contribution in [0.1, 0.15) is 36.2 Å². The molecule has 1 N–H and O–H groups in total. The third-order valence-corrected chi connectivity index (χ3v) is 7.50. The van der Waals surface area contributed by atoms with Crippen LogP contribution in [0, 0.1) is 0 Å². The maximum absolute atomic E-state index is 11.2. The van der Waals surface area contributed by atoms with Crippen molar-refractivity contribution in [3.8, 4) is 17.4 Å². The Bertz CT molecular complexity index is 1260. The highest BCUT2D eigenvalue weighted by atomic mass is 32.1. The van der Waals surface area contributed by atoms with Crippen LogP contribution in [0.2, 0.25) is 0 Å². The van der Waals surface area contributed by atoms with Gasteiger partial charge in [-0.25, -0.2) is 4.98 Å². The second kappa shape index (κ2) is 10.1. The van der Waals surface area contributed by atoms with Crippen molar-refractivity contribution >= 4 is 22.0 Å². The molecular weight excluding hydrogens is 462 g/mol. The van der Waals surface area contributed by atoms with Crippen molar-refractivity contribution in [1.29, 1.82) is 0 Å². The van der Waals surface area contributed by atoms with Crippen molar-refractivity contribution in [2.75, 3.05) is 44.8 Å². The van der Waals surface area contributed by atoms with E-state index in [1.54, 1.807) is 11.6 Å². The van der Waals surface area contributed by atoms with Crippen LogP contribution in [0.15, 0.2) is 48.5 Å². The minimum absolute atomic E-state index is 0.0951. The molecule has 184 valence electrons. The minimum atomic E-state index is -0.0951. The van der Waals surface area contributed by atoms with Crippen LogP contribution in [0.25, 0.3) is 4.96 Å². The molecule has 0 spiro atoms. The zero-order valence-corrected chi connectivity index (χ0v) is 21.2. The summed E-state index contributed by atoms with van der Waals surface area (Å²) in [5.74, 6) is 2.62. The van der Waals surface area contributed by atoms with Gasteiger partial charge in [-0.15, -0.1) is 5.10 Å². The van der Waals surface area contributed by atoms with Gasteiger partial charge in [0.2, 0.25) is 10.8 Å². The van der Waals surface area contributed by atoms with Crippen LogP contribution in [0.4, 0.5) is 5.69 Å². The van der Waals surface area contributed by atoms with Gasteiger partial charge in [0.25, 0.3) is 0 Å². The van der Waals surface area contributed by atoms with E-state index in [2.05, 4.69) is 44.1 Å². The van der Waals surface area contributed by atoms with Crippen molar-refractivity contribution in [2.24, 2.45) is 0 Å². The number of anilines is 1. The largest absolute Gasteiger partial charge is 0.497 e. The van der Waals surface area contributed by atoms with E-state index in [4.69, 9.17) is 9.47 Å². The SMILES string of the molecule is CCOc1ccc([C@@H](c2sc3nc(CC)nn3c2O)N2CCN(c3ccc(OC)cc3)CC2)cc1. The van der Waals surface area contributed by atoms with E-state index in [0.29, 0.717) is 6.61 Å². The normalized spacial score (nSPS) is 15.5. The predicted molar refractivity (Wildman–Crippen MR) is 138 cm³/mol. The molecule has 0 bridgehead atoms. The zero-order chi connectivity index (χ0) is 24.4. The number of aryl methyl sites for hydroxylation is 1. The van der Waals surface area contributed by atoms with Crippen molar-refractivity contribution in [1.82, 2.24) is 19.5 Å². The molecule has 1 aliphatic heterocycles. The lowest BCUT2D eigenvalue weighted by atomic mass is 10.0. The van der Waals surface area contributed by atoms with E-state index in [9.17, 15) is 5.11 Å². The third kappa shape index (κ3) is 4.66. The van der Waals surface area contributed by atoms with Crippen LogP contribution in [-0.2, 0) is 6.42 Å². The van der Waals surface area contributed by atoms with Gasteiger partial charge >= 0.3 is 0 Å². The van der Waals surface area contributed by atoms with Crippen molar-refractivity contribution in [3.63, 3.8) is 0 Å². The van der Waals surface area contributed by atoms with Gasteiger partial charge in [-0.1, -0.05) is 30.4 Å². The second-order valence-corrected chi connectivity index (χ2v) is 9.50. The Balaban J connectivity index is 1.43. The quantitative estimate of drug-likeness (QED) is 0.390. The second-order valence-electron chi connectivity index (χ2n) is 8.49. The molecule has 2 aromatic carbocycles. The Morgan fingerprint density at radius 1 is 0.971 bits per heavy atom. The maximum atomic E-state index is 11.2. The van der Waals surface area contributed by atoms with Gasteiger partial charge in [0.15, 0.2) is 5.82 Å². The van der Waals surface area contributed by atoms with Crippen LogP contribution >= 0.6 is 11.3 Å². The fourth-order valence-electron chi connectivity index (χ4n) is 4.59. The molecule has 0 unspecified atom stereocenters. The summed E-state index contributed by atoms with van der Waals surface area (Å²) in [6.45, 7) is 8.13. The monoisotopic (exact) mass is 493 g/mol. The summed E-state index contributed by atoms with van der Waals surface area (Å²) < 4.78 is 12.5. The highest BCUT2D eigenvalue weighted by Gasteiger charge is 2.32. The van der Waals surface area contributed by atoms with Crippen molar-refractivity contribution < 1.29 is 14.6 Å². The summed E-state index contributed by atoms with van der Waals surface area (Å²) in [5, 5.41) is 15.7. The van der Waals surface area contributed by atoms with Crippen molar-refractivity contribution in [2.45, 2.75) is 26.3 Å². The summed E-state index contributed by atoms with van der Waals surface area (Å²) >= 11 is 1.51. The van der Waals surface area contributed by atoms with Crippen LogP contribution in [0.5, 0.6) is 17.4 Å². The molecule has 2 aromatic heterocycles. The van der Waals surface area contributed by atoms with Crippen molar-refractivity contribution in [3.05, 3.63) is 64.8 Å². The molecule has 0 aliphatic carbocycles. The van der Waals surface area contributed by atoms with Gasteiger partial charge in [-0.05, 0) is 48.9 Å². The standard InChI is InChI=1S/C26H31N5O3S/c1-4-22-27-26-31(28-22)25(32)24(35-26)23(18-6-10-21(11-7-18)34-5-2)30-16-14-29(15-17-30)19-8-12-20(33-3)13-9-19/h6-13,23,32H,4-5,14-17H2,1-3H3/t23-/m0/s1. The lowest BCUT2D eigenvalue weighted by Crippen LogP contribution is -2.47. The van der Waals surface area contributed by atoms with Gasteiger partial charge in [0.1, 0.15) is 11.5 Å². The van der Waals surface area contributed by atoms with Gasteiger partial charge < -0.3 is 19.5 Å². The molecular formula is C26H31N5O3S. The molecule has 1 aliphatic rings. The van der Waals surface area contributed by atoms with E-state index in [0.717, 1.165) is 65.3 Å². The molecule has 0 saturated carbocycles. The first-order chi connectivity index (χ1) is 17.1. The van der Waals surface area contributed by atoms with E-state index >= 15 is 0 Å². The number of hydrogen-bond acceptors (Lipinski definition) is 8. The minimum Gasteiger partial charge on any atom is -0.497 e. The fraction of sp³-hybridized carbons (Fsp3) is 0.385. The topological polar surface area (TPSA) is 75.4 Å². The van der Waals surface area contributed by atoms with Crippen LogP contribution in [0.3, 0.4) is 0 Å². The number of aromatic hydroxyl groups is 1. The van der Waals surface area contributed by atoms with E-state index < -0.39 is 0 Å². The summed E-state index contributed by atoms with van der Waals surface area (Å²) in [7, 11) is 1.69. The number of rotatable bonds is 8. The number of ether oxygens (including phenoxy) is 2. The van der Waals surface area contributed by atoms with E-state index in [1.807, 2.05) is 38.1 Å². The summed E-state index contributed by atoms with van der Waals surface area (Å²) in [6, 6.07) is 16.3. The Kier molecular flexibility index (Phi) is 6.79. The highest BCUT2D eigenvalue weighted by molar-refractivity contribution is 7.17. The zero-order valence-electron chi connectivity index (χ0n) is 20.3. The number of fused-ring (bicyclic) bond motifs is 1. The molecule has 0 radical (unpaired) electrons. The number of nitrogens with zero attached hydrogens (tertiary/aromatic N) is 5. The summed E-state index contributed by atoms with van der Waals surface area (Å²) in [5.41, 5.74) is 2.30. The summed E-state index contributed by atoms with van der Waals surface area (Å²) in [6.07, 6.45) is 0.735. The maximum Gasteiger partial charge on any atom is 0.230 e. The smallest absolute Gasteiger partial charge is 0.230 e. The average Bonchev–Trinajstić information content (AvgIpc) is 3.45. The Labute approximate surface area is 209 Å². The van der Waals surface area contributed by atoms with Gasteiger partial charge in [0.05, 0.1) is 24.6 Å². The lowest BCUT2D eigenvalue weighted by molar-refractivity contribution is 0.211. The Morgan fingerprint density at radius 2 is 1.66 bits per heavy atom. The van der Waals surface area contributed by atoms with Gasteiger partial charge in [0, 0.05) is 38.3 Å². The highest BCUT2D eigenvalue weighted by Crippen LogP contribution is 2.41.